The molecule has 0 aromatic carbocycles. The summed E-state index contributed by atoms with van der Waals surface area (Å²) in [5.41, 5.74) is 2.92. The zero-order valence-electron chi connectivity index (χ0n) is 12.9. The van der Waals surface area contributed by atoms with E-state index in [4.69, 9.17) is 0 Å². The van der Waals surface area contributed by atoms with Gasteiger partial charge in [0, 0.05) is 26.3 Å². The molecule has 5 heteroatoms. The molecule has 5 nitrogen and oxygen atoms in total. The summed E-state index contributed by atoms with van der Waals surface area (Å²) >= 11 is 0. The Labute approximate surface area is 120 Å². The Balaban J connectivity index is 3.21. The molecule has 0 atom stereocenters. The van der Waals surface area contributed by atoms with Crippen LogP contribution in [0.3, 0.4) is 0 Å². The van der Waals surface area contributed by atoms with E-state index in [1.54, 1.807) is 19.0 Å². The molecule has 1 amide bonds. The lowest BCUT2D eigenvalue weighted by molar-refractivity contribution is -0.127. The molecule has 0 saturated heterocycles. The van der Waals surface area contributed by atoms with Crippen LogP contribution in [0.1, 0.15) is 30.3 Å². The molecular weight excluding hydrogens is 252 g/mol. The monoisotopic (exact) mass is 274 g/mol. The van der Waals surface area contributed by atoms with Crippen LogP contribution in [0, 0.1) is 25.2 Å². The molecule has 1 aromatic rings. The molecule has 0 aliphatic carbocycles. The second-order valence-corrected chi connectivity index (χ2v) is 5.06. The Morgan fingerprint density at radius 1 is 1.40 bits per heavy atom. The van der Waals surface area contributed by atoms with Gasteiger partial charge in [-0.25, -0.2) is 0 Å². The Bertz CT molecular complexity index is 531. The molecule has 0 aliphatic rings. The van der Waals surface area contributed by atoms with Gasteiger partial charge >= 0.3 is 0 Å². The zero-order valence-corrected chi connectivity index (χ0v) is 12.9. The fraction of sp³-hybridized carbons (Fsp3) is 0.533. The first-order valence-corrected chi connectivity index (χ1v) is 6.74. The lowest BCUT2D eigenvalue weighted by atomic mass is 10.1. The first-order valence-electron chi connectivity index (χ1n) is 6.74. The summed E-state index contributed by atoms with van der Waals surface area (Å²) in [6.07, 6.45) is 0.909. The van der Waals surface area contributed by atoms with Gasteiger partial charge in [-0.2, -0.15) is 5.26 Å². The number of anilines is 1. The highest BCUT2D eigenvalue weighted by atomic mass is 16.2. The number of amides is 1. The number of rotatable bonds is 5. The van der Waals surface area contributed by atoms with E-state index in [2.05, 4.69) is 18.0 Å². The van der Waals surface area contributed by atoms with Crippen LogP contribution >= 0.6 is 0 Å². The van der Waals surface area contributed by atoms with Gasteiger partial charge < -0.3 is 9.80 Å². The fourth-order valence-corrected chi connectivity index (χ4v) is 2.05. The van der Waals surface area contributed by atoms with Crippen LogP contribution in [-0.4, -0.2) is 43.0 Å². The molecule has 0 N–H and O–H groups in total. The SMILES string of the molecule is CCCN(CC(=O)N(C)C)c1cc(C)nc(C)c1C#N. The van der Waals surface area contributed by atoms with E-state index in [1.165, 1.54) is 0 Å². The summed E-state index contributed by atoms with van der Waals surface area (Å²) in [6, 6.07) is 4.08. The Morgan fingerprint density at radius 3 is 2.55 bits per heavy atom. The summed E-state index contributed by atoms with van der Waals surface area (Å²) < 4.78 is 0. The van der Waals surface area contributed by atoms with E-state index in [9.17, 15) is 10.1 Å². The smallest absolute Gasteiger partial charge is 0.241 e. The van der Waals surface area contributed by atoms with Crippen molar-refractivity contribution in [3.05, 3.63) is 23.0 Å². The first kappa shape index (κ1) is 16.0. The molecule has 108 valence electrons. The van der Waals surface area contributed by atoms with E-state index >= 15 is 0 Å². The van der Waals surface area contributed by atoms with E-state index < -0.39 is 0 Å². The molecule has 0 spiro atoms. The van der Waals surface area contributed by atoms with Crippen molar-refractivity contribution >= 4 is 11.6 Å². The number of carbonyl (C=O) groups excluding carboxylic acids is 1. The highest BCUT2D eigenvalue weighted by Crippen LogP contribution is 2.23. The van der Waals surface area contributed by atoms with Crippen molar-refractivity contribution in [3.63, 3.8) is 0 Å². The molecule has 20 heavy (non-hydrogen) atoms. The second kappa shape index (κ2) is 6.90. The highest BCUT2D eigenvalue weighted by Gasteiger charge is 2.18. The van der Waals surface area contributed by atoms with Gasteiger partial charge in [-0.1, -0.05) is 6.92 Å². The summed E-state index contributed by atoms with van der Waals surface area (Å²) in [7, 11) is 3.47. The minimum absolute atomic E-state index is 0.0226. The number of aryl methyl sites for hydroxylation is 2. The maximum atomic E-state index is 12.0. The van der Waals surface area contributed by atoms with Gasteiger partial charge in [0.25, 0.3) is 0 Å². The van der Waals surface area contributed by atoms with E-state index in [1.807, 2.05) is 24.8 Å². The highest BCUT2D eigenvalue weighted by molar-refractivity contribution is 5.81. The van der Waals surface area contributed by atoms with Gasteiger partial charge in [0.1, 0.15) is 6.07 Å². The van der Waals surface area contributed by atoms with Gasteiger partial charge in [-0.05, 0) is 26.3 Å². The molecule has 1 rings (SSSR count). The number of hydrogen-bond acceptors (Lipinski definition) is 4. The lowest BCUT2D eigenvalue weighted by Gasteiger charge is -2.26. The lowest BCUT2D eigenvalue weighted by Crippen LogP contribution is -2.37. The predicted octanol–water partition coefficient (Wildman–Crippen LogP) is 1.87. The van der Waals surface area contributed by atoms with Crippen LogP contribution in [0.15, 0.2) is 6.07 Å². The molecule has 0 unspecified atom stereocenters. The minimum atomic E-state index is 0.0226. The summed E-state index contributed by atoms with van der Waals surface area (Å²) in [4.78, 5) is 19.8. The number of hydrogen-bond donors (Lipinski definition) is 0. The number of pyridine rings is 1. The number of likely N-dealkylation sites (N-methyl/N-ethyl adjacent to an activating group) is 1. The quantitative estimate of drug-likeness (QED) is 0.822. The summed E-state index contributed by atoms with van der Waals surface area (Å²) in [6.45, 7) is 6.79. The van der Waals surface area contributed by atoms with Gasteiger partial charge in [0.2, 0.25) is 5.91 Å². The van der Waals surface area contributed by atoms with Crippen molar-refractivity contribution in [2.45, 2.75) is 27.2 Å². The maximum absolute atomic E-state index is 12.0. The normalized spacial score (nSPS) is 10.0. The molecule has 0 bridgehead atoms. The van der Waals surface area contributed by atoms with Crippen molar-refractivity contribution in [3.8, 4) is 6.07 Å². The third-order valence-electron chi connectivity index (χ3n) is 3.08. The van der Waals surface area contributed by atoms with Crippen LogP contribution in [-0.2, 0) is 4.79 Å². The van der Waals surface area contributed by atoms with Crippen molar-refractivity contribution < 1.29 is 4.79 Å². The van der Waals surface area contributed by atoms with Crippen LogP contribution in [0.4, 0.5) is 5.69 Å². The van der Waals surface area contributed by atoms with Gasteiger partial charge in [-0.3, -0.25) is 9.78 Å². The molecule has 1 aromatic heterocycles. The number of nitriles is 1. The zero-order chi connectivity index (χ0) is 15.3. The predicted molar refractivity (Wildman–Crippen MR) is 79.6 cm³/mol. The van der Waals surface area contributed by atoms with Crippen molar-refractivity contribution in [1.29, 1.82) is 5.26 Å². The Kier molecular flexibility index (Phi) is 5.51. The fourth-order valence-electron chi connectivity index (χ4n) is 2.05. The molecule has 1 heterocycles. The Morgan fingerprint density at radius 2 is 2.05 bits per heavy atom. The van der Waals surface area contributed by atoms with Crippen molar-refractivity contribution in [1.82, 2.24) is 9.88 Å². The summed E-state index contributed by atoms with van der Waals surface area (Å²) in [5, 5.41) is 9.34. The molecule has 0 fully saturated rings. The van der Waals surface area contributed by atoms with Gasteiger partial charge in [0.05, 0.1) is 23.5 Å². The molecule has 0 aliphatic heterocycles. The van der Waals surface area contributed by atoms with Crippen LogP contribution in [0.5, 0.6) is 0 Å². The minimum Gasteiger partial charge on any atom is -0.361 e. The average Bonchev–Trinajstić information content (AvgIpc) is 2.37. The number of nitrogens with zero attached hydrogens (tertiary/aromatic N) is 4. The van der Waals surface area contributed by atoms with Gasteiger partial charge in [0.15, 0.2) is 0 Å². The van der Waals surface area contributed by atoms with E-state index in [0.29, 0.717) is 11.3 Å². The van der Waals surface area contributed by atoms with Crippen LogP contribution in [0.2, 0.25) is 0 Å². The largest absolute Gasteiger partial charge is 0.361 e. The Hall–Kier alpha value is -2.09. The van der Waals surface area contributed by atoms with Gasteiger partial charge in [-0.15, -0.1) is 0 Å². The second-order valence-electron chi connectivity index (χ2n) is 5.06. The first-order chi connectivity index (χ1) is 9.40. The molecule has 0 radical (unpaired) electrons. The maximum Gasteiger partial charge on any atom is 0.241 e. The van der Waals surface area contributed by atoms with Crippen LogP contribution < -0.4 is 4.90 Å². The molecule has 0 saturated carbocycles. The number of carbonyl (C=O) groups is 1. The van der Waals surface area contributed by atoms with Crippen molar-refractivity contribution in [2.75, 3.05) is 32.1 Å². The average molecular weight is 274 g/mol. The molecular formula is C15H22N4O. The van der Waals surface area contributed by atoms with Crippen molar-refractivity contribution in [2.24, 2.45) is 0 Å². The van der Waals surface area contributed by atoms with Crippen LogP contribution in [0.25, 0.3) is 0 Å². The van der Waals surface area contributed by atoms with E-state index in [-0.39, 0.29) is 12.5 Å². The number of aromatic nitrogens is 1. The standard InChI is InChI=1S/C15H22N4O/c1-6-7-19(10-15(20)18(4)5)14-8-11(2)17-12(3)13(14)9-16/h8H,6-7,10H2,1-5H3. The topological polar surface area (TPSA) is 60.2 Å². The summed E-state index contributed by atoms with van der Waals surface area (Å²) in [5.74, 6) is 0.0226. The third-order valence-corrected chi connectivity index (χ3v) is 3.08. The van der Waals surface area contributed by atoms with E-state index in [0.717, 1.165) is 24.3 Å². The third kappa shape index (κ3) is 3.70.